The summed E-state index contributed by atoms with van der Waals surface area (Å²) in [6.07, 6.45) is 8.91. The zero-order valence-electron chi connectivity index (χ0n) is 29.6. The first kappa shape index (κ1) is 30.6. The number of rotatable bonds is 4. The Labute approximate surface area is 313 Å². The average Bonchev–Trinajstić information content (AvgIpc) is 3.21. The third-order valence-electron chi connectivity index (χ3n) is 11.1. The summed E-state index contributed by atoms with van der Waals surface area (Å²) < 4.78 is 0. The normalized spacial score (nSPS) is 12.3. The third-order valence-corrected chi connectivity index (χ3v) is 11.1. The Morgan fingerprint density at radius 2 is 0.352 bits per heavy atom. The van der Waals surface area contributed by atoms with Crippen molar-refractivity contribution in [3.05, 3.63) is 204 Å². The highest BCUT2D eigenvalue weighted by molar-refractivity contribution is 6.07. The molecule has 0 nitrogen and oxygen atoms in total. The van der Waals surface area contributed by atoms with Crippen LogP contribution in [0.1, 0.15) is 22.3 Å². The van der Waals surface area contributed by atoms with Crippen molar-refractivity contribution in [2.45, 2.75) is 0 Å². The van der Waals surface area contributed by atoms with Crippen LogP contribution >= 0.6 is 0 Å². The SMILES string of the molecule is C(=Cc1ccc2cc3cc4ccccc4cc3cc2c1)c1ccc2cc3cc(C=Cc4ccc5cc6cc7ccccc7cc6cc5c4)ccc3cc2c1. The molecule has 54 heavy (non-hydrogen) atoms. The second-order valence-electron chi connectivity index (χ2n) is 14.7. The zero-order valence-corrected chi connectivity index (χ0v) is 29.6. The summed E-state index contributed by atoms with van der Waals surface area (Å²) >= 11 is 0. The molecule has 0 unspecified atom stereocenters. The maximum absolute atomic E-state index is 2.32. The molecule has 0 atom stereocenters. The van der Waals surface area contributed by atoms with Gasteiger partial charge in [-0.25, -0.2) is 0 Å². The highest BCUT2D eigenvalue weighted by Crippen LogP contribution is 2.31. The van der Waals surface area contributed by atoms with Gasteiger partial charge in [-0.3, -0.25) is 0 Å². The Hall–Kier alpha value is -7.02. The van der Waals surface area contributed by atoms with E-state index in [0.717, 1.165) is 0 Å². The van der Waals surface area contributed by atoms with Crippen molar-refractivity contribution in [2.75, 3.05) is 0 Å². The zero-order chi connectivity index (χ0) is 35.6. The molecule has 0 aliphatic rings. The van der Waals surface area contributed by atoms with Gasteiger partial charge in [-0.15, -0.1) is 0 Å². The Morgan fingerprint density at radius 1 is 0.167 bits per heavy atom. The summed E-state index contributed by atoms with van der Waals surface area (Å²) in [6.45, 7) is 0. The molecule has 0 N–H and O–H groups in total. The van der Waals surface area contributed by atoms with E-state index in [2.05, 4.69) is 206 Å². The molecule has 11 rings (SSSR count). The first-order valence-corrected chi connectivity index (χ1v) is 18.7. The van der Waals surface area contributed by atoms with Crippen molar-refractivity contribution in [3.8, 4) is 0 Å². The lowest BCUT2D eigenvalue weighted by molar-refractivity contribution is 1.70. The summed E-state index contributed by atoms with van der Waals surface area (Å²) in [5, 5.41) is 20.3. The van der Waals surface area contributed by atoms with Crippen molar-refractivity contribution in [3.63, 3.8) is 0 Å². The topological polar surface area (TPSA) is 0 Å². The van der Waals surface area contributed by atoms with Crippen molar-refractivity contribution >= 4 is 110 Å². The average molecular weight is 683 g/mol. The van der Waals surface area contributed by atoms with Crippen LogP contribution in [0.15, 0.2) is 182 Å². The van der Waals surface area contributed by atoms with Crippen molar-refractivity contribution in [1.82, 2.24) is 0 Å². The van der Waals surface area contributed by atoms with Crippen LogP contribution in [-0.4, -0.2) is 0 Å². The number of hydrogen-bond donors (Lipinski definition) is 0. The van der Waals surface area contributed by atoms with Crippen LogP contribution in [0.5, 0.6) is 0 Å². The molecule has 0 aliphatic heterocycles. The van der Waals surface area contributed by atoms with Crippen LogP contribution < -0.4 is 0 Å². The van der Waals surface area contributed by atoms with E-state index in [0.29, 0.717) is 0 Å². The van der Waals surface area contributed by atoms with Crippen molar-refractivity contribution in [2.24, 2.45) is 0 Å². The summed E-state index contributed by atoms with van der Waals surface area (Å²) in [5.41, 5.74) is 4.80. The Bertz CT molecular complexity index is 3150. The molecule has 0 aliphatic carbocycles. The van der Waals surface area contributed by atoms with Crippen LogP contribution in [0.4, 0.5) is 0 Å². The first-order valence-electron chi connectivity index (χ1n) is 18.7. The van der Waals surface area contributed by atoms with Gasteiger partial charge in [-0.1, -0.05) is 121 Å². The van der Waals surface area contributed by atoms with Gasteiger partial charge in [0.1, 0.15) is 0 Å². The first-order chi connectivity index (χ1) is 26.6. The summed E-state index contributed by atoms with van der Waals surface area (Å²) in [6, 6.07) is 67.3. The van der Waals surface area contributed by atoms with Crippen LogP contribution in [0.2, 0.25) is 0 Å². The van der Waals surface area contributed by atoms with Crippen LogP contribution in [0.25, 0.3) is 110 Å². The Balaban J connectivity index is 0.847. The molecule has 0 heteroatoms. The minimum atomic E-state index is 1.20. The molecule has 0 saturated heterocycles. The molecule has 250 valence electrons. The second-order valence-corrected chi connectivity index (χ2v) is 14.7. The molecule has 0 saturated carbocycles. The van der Waals surface area contributed by atoms with E-state index in [1.807, 2.05) is 0 Å². The maximum Gasteiger partial charge on any atom is -0.0171 e. The maximum atomic E-state index is 2.32. The van der Waals surface area contributed by atoms with Gasteiger partial charge in [0, 0.05) is 0 Å². The molecule has 0 fully saturated rings. The highest BCUT2D eigenvalue weighted by Gasteiger charge is 2.05. The fourth-order valence-corrected chi connectivity index (χ4v) is 8.25. The standard InChI is InChI=1S/C54H34/c1-3-7-41-27-53-33-49-23-37(15-19-45(49)31-51(53)25-39(41)5-1)11-9-35-13-17-43-30-48-22-36(14-18-44(48)29-47(43)21-35)10-12-38-16-20-46-32-52-26-40-6-2-4-8-42(40)28-54(52)34-50(46)24-38/h1-34H. The minimum Gasteiger partial charge on any atom is -0.0616 e. The van der Waals surface area contributed by atoms with Gasteiger partial charge in [0.25, 0.3) is 0 Å². The monoisotopic (exact) mass is 682 g/mol. The van der Waals surface area contributed by atoms with Gasteiger partial charge in [0.2, 0.25) is 0 Å². The predicted octanol–water partition coefficient (Wildman–Crippen LogP) is 15.3. The van der Waals surface area contributed by atoms with E-state index in [9.17, 15) is 0 Å². The van der Waals surface area contributed by atoms with E-state index < -0.39 is 0 Å². The Kier molecular flexibility index (Phi) is 6.97. The fourth-order valence-electron chi connectivity index (χ4n) is 8.25. The molecular formula is C54H34. The second kappa shape index (κ2) is 12.3. The molecule has 0 heterocycles. The smallest absolute Gasteiger partial charge is 0.0171 e. The molecule has 0 aromatic heterocycles. The van der Waals surface area contributed by atoms with Crippen molar-refractivity contribution in [1.29, 1.82) is 0 Å². The lowest BCUT2D eigenvalue weighted by Crippen LogP contribution is -1.82. The summed E-state index contributed by atoms with van der Waals surface area (Å²) in [7, 11) is 0. The number of benzene rings is 11. The van der Waals surface area contributed by atoms with Crippen LogP contribution in [0, 0.1) is 0 Å². The quantitative estimate of drug-likeness (QED) is 0.128. The van der Waals surface area contributed by atoms with Crippen LogP contribution in [0.3, 0.4) is 0 Å². The number of hydrogen-bond acceptors (Lipinski definition) is 0. The summed E-state index contributed by atoms with van der Waals surface area (Å²) in [5.74, 6) is 0. The summed E-state index contributed by atoms with van der Waals surface area (Å²) in [4.78, 5) is 0. The fraction of sp³-hybridized carbons (Fsp3) is 0. The molecule has 11 aromatic rings. The molecule has 0 radical (unpaired) electrons. The molecule has 11 aromatic carbocycles. The molecular weight excluding hydrogens is 649 g/mol. The largest absolute Gasteiger partial charge is 0.0616 e. The van der Waals surface area contributed by atoms with Gasteiger partial charge in [0.05, 0.1) is 0 Å². The molecule has 0 bridgehead atoms. The van der Waals surface area contributed by atoms with Gasteiger partial charge in [-0.05, 0) is 193 Å². The van der Waals surface area contributed by atoms with Gasteiger partial charge in [0.15, 0.2) is 0 Å². The predicted molar refractivity (Wildman–Crippen MR) is 237 cm³/mol. The van der Waals surface area contributed by atoms with Gasteiger partial charge in [-0.2, -0.15) is 0 Å². The molecule has 0 spiro atoms. The minimum absolute atomic E-state index is 1.20. The van der Waals surface area contributed by atoms with E-state index in [1.165, 1.54) is 108 Å². The third kappa shape index (κ3) is 5.57. The lowest BCUT2D eigenvalue weighted by Gasteiger charge is -2.07. The van der Waals surface area contributed by atoms with Crippen LogP contribution in [-0.2, 0) is 0 Å². The highest BCUT2D eigenvalue weighted by atomic mass is 14.1. The van der Waals surface area contributed by atoms with E-state index in [4.69, 9.17) is 0 Å². The lowest BCUT2D eigenvalue weighted by atomic mass is 9.98. The van der Waals surface area contributed by atoms with Gasteiger partial charge >= 0.3 is 0 Å². The Morgan fingerprint density at radius 3 is 0.593 bits per heavy atom. The van der Waals surface area contributed by atoms with Crippen molar-refractivity contribution < 1.29 is 0 Å². The van der Waals surface area contributed by atoms with E-state index in [1.54, 1.807) is 0 Å². The van der Waals surface area contributed by atoms with E-state index in [-0.39, 0.29) is 0 Å². The van der Waals surface area contributed by atoms with Gasteiger partial charge < -0.3 is 0 Å². The number of fused-ring (bicyclic) bond motifs is 8. The van der Waals surface area contributed by atoms with E-state index >= 15 is 0 Å². The molecule has 0 amide bonds.